The Balaban J connectivity index is 2.37. The van der Waals surface area contributed by atoms with Crippen LogP contribution in [0.5, 0.6) is 5.88 Å². The second-order valence-electron chi connectivity index (χ2n) is 7.81. The minimum Gasteiger partial charge on any atom is -0.478 e. The molecule has 0 N–H and O–H groups in total. The standard InChI is InChI=1S/C25H30N3O/c1-7-11-28-15-21(16(3)4)24(20-10-9-19(13-26)12-22(20)28)23-18(6)17(5)14-27-25(23)29-8-2/h9-10,12,14-15,24H,7-8,11H2,1-6H3/q+1. The third-order valence-corrected chi connectivity index (χ3v) is 5.60. The molecule has 4 nitrogen and oxygen atoms in total. The van der Waals surface area contributed by atoms with Crippen molar-refractivity contribution in [3.8, 4) is 11.9 Å². The summed E-state index contributed by atoms with van der Waals surface area (Å²) in [6, 6.07) is 8.33. The summed E-state index contributed by atoms with van der Waals surface area (Å²) in [5, 5.41) is 9.46. The molecule has 4 heteroatoms. The topological polar surface area (TPSA) is 48.9 Å². The highest BCUT2D eigenvalue weighted by Crippen LogP contribution is 2.45. The number of ether oxygens (including phenoxy) is 1. The van der Waals surface area contributed by atoms with Crippen LogP contribution in [0.3, 0.4) is 0 Å². The van der Waals surface area contributed by atoms with Crippen LogP contribution in [-0.2, 0) is 0 Å². The fraction of sp³-hybridized carbons (Fsp3) is 0.400. The van der Waals surface area contributed by atoms with Crippen molar-refractivity contribution in [3.63, 3.8) is 0 Å². The van der Waals surface area contributed by atoms with Gasteiger partial charge in [-0.3, -0.25) is 0 Å². The molecule has 0 spiro atoms. The summed E-state index contributed by atoms with van der Waals surface area (Å²) in [6.45, 7) is 14.2. The Morgan fingerprint density at radius 3 is 2.62 bits per heavy atom. The molecular formula is C25H30N3O+. The van der Waals surface area contributed by atoms with Crippen molar-refractivity contribution in [1.29, 1.82) is 5.26 Å². The number of aromatic nitrogens is 1. The van der Waals surface area contributed by atoms with Gasteiger partial charge in [-0.25, -0.2) is 4.98 Å². The van der Waals surface area contributed by atoms with Gasteiger partial charge in [0, 0.05) is 35.4 Å². The zero-order valence-electron chi connectivity index (χ0n) is 18.3. The Morgan fingerprint density at radius 1 is 1.24 bits per heavy atom. The molecule has 0 aliphatic carbocycles. The van der Waals surface area contributed by atoms with Crippen LogP contribution >= 0.6 is 0 Å². The normalized spacial score (nSPS) is 15.4. The van der Waals surface area contributed by atoms with E-state index >= 15 is 0 Å². The summed E-state index contributed by atoms with van der Waals surface area (Å²) in [6.07, 6.45) is 5.18. The molecule has 0 saturated carbocycles. The predicted octanol–water partition coefficient (Wildman–Crippen LogP) is 5.58. The summed E-state index contributed by atoms with van der Waals surface area (Å²) in [5.74, 6) is 0.733. The van der Waals surface area contributed by atoms with Gasteiger partial charge in [-0.05, 0) is 51.8 Å². The number of aryl methyl sites for hydroxylation is 1. The largest absolute Gasteiger partial charge is 0.478 e. The van der Waals surface area contributed by atoms with Gasteiger partial charge in [0.25, 0.3) is 0 Å². The zero-order valence-corrected chi connectivity index (χ0v) is 18.3. The van der Waals surface area contributed by atoms with Crippen molar-refractivity contribution in [3.05, 3.63) is 63.4 Å². The first-order valence-electron chi connectivity index (χ1n) is 10.3. The van der Waals surface area contributed by atoms with Crippen LogP contribution in [0.15, 0.2) is 35.5 Å². The van der Waals surface area contributed by atoms with Gasteiger partial charge < -0.3 is 4.74 Å². The van der Waals surface area contributed by atoms with Crippen molar-refractivity contribution >= 4 is 11.9 Å². The highest BCUT2D eigenvalue weighted by Gasteiger charge is 2.36. The van der Waals surface area contributed by atoms with Crippen molar-refractivity contribution in [2.24, 2.45) is 0 Å². The van der Waals surface area contributed by atoms with Gasteiger partial charge in [-0.15, -0.1) is 0 Å². The van der Waals surface area contributed by atoms with Gasteiger partial charge in [-0.2, -0.15) is 9.84 Å². The molecule has 29 heavy (non-hydrogen) atoms. The van der Waals surface area contributed by atoms with E-state index in [1.54, 1.807) is 0 Å². The number of nitriles is 1. The van der Waals surface area contributed by atoms with Crippen LogP contribution in [0, 0.1) is 25.2 Å². The van der Waals surface area contributed by atoms with E-state index in [4.69, 9.17) is 4.74 Å². The number of pyridine rings is 1. The van der Waals surface area contributed by atoms with E-state index in [2.05, 4.69) is 62.5 Å². The lowest BCUT2D eigenvalue weighted by molar-refractivity contribution is -0.437. The average Bonchev–Trinajstić information content (AvgIpc) is 2.71. The highest BCUT2D eigenvalue weighted by molar-refractivity contribution is 5.84. The summed E-state index contributed by atoms with van der Waals surface area (Å²) in [7, 11) is 0. The van der Waals surface area contributed by atoms with Crippen LogP contribution in [0.4, 0.5) is 5.69 Å². The van der Waals surface area contributed by atoms with E-state index < -0.39 is 0 Å². The number of benzene rings is 1. The molecule has 0 amide bonds. The Hall–Kier alpha value is -2.93. The van der Waals surface area contributed by atoms with E-state index in [0.29, 0.717) is 18.1 Å². The second-order valence-corrected chi connectivity index (χ2v) is 7.81. The molecule has 150 valence electrons. The first kappa shape index (κ1) is 20.8. The average molecular weight is 389 g/mol. The molecular weight excluding hydrogens is 358 g/mol. The van der Waals surface area contributed by atoms with Gasteiger partial charge in [0.1, 0.15) is 6.54 Å². The van der Waals surface area contributed by atoms with Crippen LogP contribution in [0.1, 0.15) is 67.9 Å². The second kappa shape index (κ2) is 8.61. The molecule has 3 rings (SSSR count). The lowest BCUT2D eigenvalue weighted by Crippen LogP contribution is -2.24. The van der Waals surface area contributed by atoms with Gasteiger partial charge in [-0.1, -0.05) is 18.6 Å². The van der Waals surface area contributed by atoms with Crippen molar-refractivity contribution in [2.45, 2.75) is 53.9 Å². The van der Waals surface area contributed by atoms with E-state index in [1.165, 1.54) is 22.3 Å². The van der Waals surface area contributed by atoms with E-state index in [-0.39, 0.29) is 5.92 Å². The summed E-state index contributed by atoms with van der Waals surface area (Å²) in [5.41, 5.74) is 9.02. The Kier molecular flexibility index (Phi) is 6.17. The fourth-order valence-corrected chi connectivity index (χ4v) is 4.03. The zero-order chi connectivity index (χ0) is 21.1. The molecule has 1 aliphatic rings. The third-order valence-electron chi connectivity index (χ3n) is 5.60. The maximum atomic E-state index is 9.46. The lowest BCUT2D eigenvalue weighted by atomic mass is 9.78. The number of hydrogen-bond acceptors (Lipinski definition) is 3. The molecule has 1 aromatic heterocycles. The minimum atomic E-state index is 0.0322. The Labute approximate surface area is 174 Å². The molecule has 1 aliphatic heterocycles. The van der Waals surface area contributed by atoms with E-state index in [0.717, 1.165) is 29.8 Å². The van der Waals surface area contributed by atoms with Crippen LogP contribution < -0.4 is 4.74 Å². The quantitative estimate of drug-likeness (QED) is 0.629. The summed E-state index contributed by atoms with van der Waals surface area (Å²) in [4.78, 5) is 4.64. The summed E-state index contributed by atoms with van der Waals surface area (Å²) < 4.78 is 8.26. The predicted molar refractivity (Wildman–Crippen MR) is 117 cm³/mol. The van der Waals surface area contributed by atoms with Gasteiger partial charge in [0.2, 0.25) is 11.6 Å². The first-order chi connectivity index (χ1) is 13.9. The lowest BCUT2D eigenvalue weighted by Gasteiger charge is -2.28. The van der Waals surface area contributed by atoms with Crippen molar-refractivity contribution in [2.75, 3.05) is 13.2 Å². The molecule has 1 aromatic carbocycles. The number of hydrogen-bond donors (Lipinski definition) is 0. The molecule has 1 atom stereocenters. The van der Waals surface area contributed by atoms with Crippen LogP contribution in [0.25, 0.3) is 0 Å². The Morgan fingerprint density at radius 2 is 2.00 bits per heavy atom. The monoisotopic (exact) mass is 388 g/mol. The van der Waals surface area contributed by atoms with Crippen molar-refractivity contribution in [1.82, 2.24) is 4.98 Å². The van der Waals surface area contributed by atoms with Gasteiger partial charge in [0.15, 0.2) is 6.21 Å². The molecule has 0 bridgehead atoms. The first-order valence-corrected chi connectivity index (χ1v) is 10.3. The van der Waals surface area contributed by atoms with Gasteiger partial charge >= 0.3 is 0 Å². The highest BCUT2D eigenvalue weighted by atomic mass is 16.5. The molecule has 2 aromatic rings. The minimum absolute atomic E-state index is 0.0322. The van der Waals surface area contributed by atoms with Crippen LogP contribution in [0.2, 0.25) is 0 Å². The summed E-state index contributed by atoms with van der Waals surface area (Å²) >= 11 is 0. The smallest absolute Gasteiger partial charge is 0.217 e. The number of nitrogens with zero attached hydrogens (tertiary/aromatic N) is 3. The van der Waals surface area contributed by atoms with Crippen LogP contribution in [-0.4, -0.2) is 28.9 Å². The van der Waals surface area contributed by atoms with E-state index in [9.17, 15) is 5.26 Å². The van der Waals surface area contributed by atoms with Crippen molar-refractivity contribution < 1.29 is 9.31 Å². The maximum Gasteiger partial charge on any atom is 0.217 e. The molecule has 1 unspecified atom stereocenters. The molecule has 2 heterocycles. The molecule has 0 fully saturated rings. The SMILES string of the molecule is CCC[N+]1=CC(=C(C)C)C(c2c(OCC)ncc(C)c2C)c2ccc(C#N)cc21. The number of rotatable bonds is 5. The Bertz CT molecular complexity index is 1040. The maximum absolute atomic E-state index is 9.46. The van der Waals surface area contributed by atoms with E-state index in [1.807, 2.05) is 25.3 Å². The third kappa shape index (κ3) is 3.82. The number of allylic oxidation sites excluding steroid dienone is 2. The fourth-order valence-electron chi connectivity index (χ4n) is 4.03. The number of fused-ring (bicyclic) bond motifs is 1. The molecule has 0 saturated heterocycles. The van der Waals surface area contributed by atoms with Gasteiger partial charge in [0.05, 0.1) is 24.2 Å². The molecule has 0 radical (unpaired) electrons.